The second-order valence-corrected chi connectivity index (χ2v) is 8.62. The van der Waals surface area contributed by atoms with Gasteiger partial charge in [0.1, 0.15) is 4.83 Å². The fourth-order valence-electron chi connectivity index (χ4n) is 4.62. The molecule has 4 aromatic rings. The van der Waals surface area contributed by atoms with Crippen LogP contribution in [0.2, 0.25) is 0 Å². The summed E-state index contributed by atoms with van der Waals surface area (Å²) in [5.41, 5.74) is 5.26. The number of hydrogen-bond acceptors (Lipinski definition) is 4. The molecule has 0 aliphatic heterocycles. The van der Waals surface area contributed by atoms with Crippen LogP contribution in [-0.4, -0.2) is 15.9 Å². The van der Waals surface area contributed by atoms with Gasteiger partial charge in [0.05, 0.1) is 11.4 Å². The molecule has 5 nitrogen and oxygen atoms in total. The van der Waals surface area contributed by atoms with Gasteiger partial charge in [-0.2, -0.15) is 0 Å². The molecule has 0 saturated heterocycles. The number of hydrogen-bond donors (Lipinski definition) is 2. The molecule has 2 aromatic heterocycles. The normalized spacial score (nSPS) is 14.6. The lowest BCUT2D eigenvalue weighted by atomic mass is 10.1. The second kappa shape index (κ2) is 6.12. The van der Waals surface area contributed by atoms with E-state index >= 15 is 0 Å². The Labute approximate surface area is 170 Å². The van der Waals surface area contributed by atoms with Crippen molar-refractivity contribution >= 4 is 27.5 Å². The number of rotatable bonds is 2. The molecule has 1 amide bonds. The summed E-state index contributed by atoms with van der Waals surface area (Å²) < 4.78 is 0. The van der Waals surface area contributed by atoms with Crippen molar-refractivity contribution < 1.29 is 4.79 Å². The van der Waals surface area contributed by atoms with Crippen LogP contribution in [0.5, 0.6) is 0 Å². The van der Waals surface area contributed by atoms with E-state index in [1.54, 1.807) is 11.3 Å². The number of nitrogens with zero attached hydrogens (tertiary/aromatic N) is 1. The standard InChI is InChI=1S/C23H17N3O2S/c27-21-18-16-10-5-11-17(16)29-23(18)26-20(25-21)22(28)24-19-14-8-3-1-6-12(14)13-7-2-4-9-15(13)19/h1-4,6-9,19H,5,10-11H2,(H,24,28)(H,25,26,27). The number of aryl methyl sites for hydroxylation is 2. The smallest absolute Gasteiger partial charge is 0.287 e. The van der Waals surface area contributed by atoms with E-state index in [0.29, 0.717) is 10.2 Å². The van der Waals surface area contributed by atoms with E-state index in [9.17, 15) is 9.59 Å². The van der Waals surface area contributed by atoms with E-state index in [1.165, 1.54) is 4.88 Å². The van der Waals surface area contributed by atoms with Crippen LogP contribution in [0.3, 0.4) is 0 Å². The van der Waals surface area contributed by atoms with Gasteiger partial charge in [-0.05, 0) is 47.1 Å². The third-order valence-corrected chi connectivity index (χ3v) is 7.09. The minimum atomic E-state index is -0.367. The maximum absolute atomic E-state index is 13.1. The van der Waals surface area contributed by atoms with Crippen LogP contribution in [0.25, 0.3) is 21.3 Å². The van der Waals surface area contributed by atoms with Crippen LogP contribution in [-0.2, 0) is 12.8 Å². The van der Waals surface area contributed by atoms with E-state index in [4.69, 9.17) is 0 Å². The van der Waals surface area contributed by atoms with Crippen LogP contribution in [0, 0.1) is 0 Å². The molecule has 6 rings (SSSR count). The number of aromatic nitrogens is 2. The van der Waals surface area contributed by atoms with Crippen LogP contribution in [0.1, 0.15) is 44.6 Å². The molecule has 0 unspecified atom stereocenters. The van der Waals surface area contributed by atoms with Crippen molar-refractivity contribution in [2.75, 3.05) is 0 Å². The number of carbonyl (C=O) groups is 1. The summed E-state index contributed by atoms with van der Waals surface area (Å²) in [6.45, 7) is 0. The Morgan fingerprint density at radius 1 is 1.03 bits per heavy atom. The van der Waals surface area contributed by atoms with Gasteiger partial charge in [-0.15, -0.1) is 11.3 Å². The van der Waals surface area contributed by atoms with Gasteiger partial charge in [-0.3, -0.25) is 9.59 Å². The van der Waals surface area contributed by atoms with Gasteiger partial charge in [0.15, 0.2) is 0 Å². The van der Waals surface area contributed by atoms with Crippen LogP contribution >= 0.6 is 11.3 Å². The first-order valence-corrected chi connectivity index (χ1v) is 10.6. The van der Waals surface area contributed by atoms with Crippen molar-refractivity contribution in [1.29, 1.82) is 0 Å². The highest BCUT2D eigenvalue weighted by Gasteiger charge is 2.30. The minimum absolute atomic E-state index is 0.0734. The Morgan fingerprint density at radius 2 is 1.72 bits per heavy atom. The molecular weight excluding hydrogens is 382 g/mol. The Balaban J connectivity index is 1.40. The first kappa shape index (κ1) is 16.7. The number of amides is 1. The van der Waals surface area contributed by atoms with Crippen LogP contribution in [0.15, 0.2) is 53.3 Å². The molecule has 2 aliphatic rings. The van der Waals surface area contributed by atoms with Gasteiger partial charge in [-0.25, -0.2) is 4.98 Å². The fourth-order valence-corrected chi connectivity index (χ4v) is 5.88. The van der Waals surface area contributed by atoms with Crippen molar-refractivity contribution in [3.8, 4) is 11.1 Å². The Morgan fingerprint density at radius 3 is 2.45 bits per heavy atom. The molecule has 142 valence electrons. The van der Waals surface area contributed by atoms with E-state index in [-0.39, 0.29) is 23.3 Å². The average molecular weight is 399 g/mol. The number of nitrogens with one attached hydrogen (secondary N) is 2. The summed E-state index contributed by atoms with van der Waals surface area (Å²) in [5, 5.41) is 3.74. The van der Waals surface area contributed by atoms with Gasteiger partial charge in [-0.1, -0.05) is 48.5 Å². The molecule has 2 aromatic carbocycles. The van der Waals surface area contributed by atoms with Crippen molar-refractivity contribution in [2.24, 2.45) is 0 Å². The Bertz CT molecular complexity index is 1320. The summed E-state index contributed by atoms with van der Waals surface area (Å²) in [7, 11) is 0. The largest absolute Gasteiger partial charge is 0.338 e. The molecule has 0 saturated carbocycles. The minimum Gasteiger partial charge on any atom is -0.338 e. The zero-order valence-corrected chi connectivity index (χ0v) is 16.3. The van der Waals surface area contributed by atoms with Gasteiger partial charge in [0.2, 0.25) is 5.82 Å². The van der Waals surface area contributed by atoms with Crippen molar-refractivity contribution in [2.45, 2.75) is 25.3 Å². The number of aromatic amines is 1. The van der Waals surface area contributed by atoms with E-state index < -0.39 is 0 Å². The highest BCUT2D eigenvalue weighted by Crippen LogP contribution is 2.43. The SMILES string of the molecule is O=C(NC1c2ccccc2-c2ccccc21)c1nc2sc3c(c2c(=O)[nH]1)CCC3. The number of H-pyrrole nitrogens is 1. The first-order valence-electron chi connectivity index (χ1n) is 9.74. The highest BCUT2D eigenvalue weighted by molar-refractivity contribution is 7.18. The quantitative estimate of drug-likeness (QED) is 0.536. The van der Waals surface area contributed by atoms with E-state index in [0.717, 1.165) is 47.1 Å². The molecule has 2 N–H and O–H groups in total. The monoisotopic (exact) mass is 399 g/mol. The lowest BCUT2D eigenvalue weighted by molar-refractivity contribution is 0.0933. The maximum Gasteiger partial charge on any atom is 0.287 e. The maximum atomic E-state index is 13.1. The molecule has 0 fully saturated rings. The Hall–Kier alpha value is -3.25. The molecule has 0 spiro atoms. The zero-order chi connectivity index (χ0) is 19.5. The number of fused-ring (bicyclic) bond motifs is 6. The van der Waals surface area contributed by atoms with Gasteiger partial charge < -0.3 is 10.3 Å². The topological polar surface area (TPSA) is 74.8 Å². The van der Waals surface area contributed by atoms with Gasteiger partial charge in [0, 0.05) is 4.88 Å². The molecular formula is C23H17N3O2S. The lowest BCUT2D eigenvalue weighted by Gasteiger charge is -2.15. The number of thiophene rings is 1. The molecule has 29 heavy (non-hydrogen) atoms. The first-order chi connectivity index (χ1) is 14.2. The summed E-state index contributed by atoms with van der Waals surface area (Å²) in [6, 6.07) is 15.9. The zero-order valence-electron chi connectivity index (χ0n) is 15.5. The fraction of sp³-hybridized carbons (Fsp3) is 0.174. The number of benzene rings is 2. The van der Waals surface area contributed by atoms with Gasteiger partial charge >= 0.3 is 0 Å². The Kier molecular flexibility index (Phi) is 3.52. The summed E-state index contributed by atoms with van der Waals surface area (Å²) in [6.07, 6.45) is 2.99. The van der Waals surface area contributed by atoms with Crippen LogP contribution in [0.4, 0.5) is 0 Å². The molecule has 2 aliphatic carbocycles. The summed E-state index contributed by atoms with van der Waals surface area (Å²) >= 11 is 1.54. The lowest BCUT2D eigenvalue weighted by Crippen LogP contribution is -2.31. The molecule has 6 heteroatoms. The van der Waals surface area contributed by atoms with E-state index in [2.05, 4.69) is 27.4 Å². The third kappa shape index (κ3) is 2.42. The highest BCUT2D eigenvalue weighted by atomic mass is 32.1. The molecule has 2 heterocycles. The predicted octanol–water partition coefficient (Wildman–Crippen LogP) is 3.97. The summed E-state index contributed by atoms with van der Waals surface area (Å²) in [4.78, 5) is 34.9. The third-order valence-electron chi connectivity index (χ3n) is 5.90. The average Bonchev–Trinajstić information content (AvgIpc) is 3.40. The van der Waals surface area contributed by atoms with Crippen molar-refractivity contribution in [3.63, 3.8) is 0 Å². The van der Waals surface area contributed by atoms with Crippen molar-refractivity contribution in [1.82, 2.24) is 15.3 Å². The van der Waals surface area contributed by atoms with E-state index in [1.807, 2.05) is 36.4 Å². The molecule has 0 atom stereocenters. The van der Waals surface area contributed by atoms with Crippen molar-refractivity contribution in [3.05, 3.63) is 86.3 Å². The van der Waals surface area contributed by atoms with Crippen LogP contribution < -0.4 is 10.9 Å². The van der Waals surface area contributed by atoms with Gasteiger partial charge in [0.25, 0.3) is 11.5 Å². The summed E-state index contributed by atoms with van der Waals surface area (Å²) in [5.74, 6) is -0.293. The molecule has 0 radical (unpaired) electrons. The predicted molar refractivity (Wildman–Crippen MR) is 113 cm³/mol. The second-order valence-electron chi connectivity index (χ2n) is 7.53. The molecule has 0 bridgehead atoms. The number of carbonyl (C=O) groups excluding carboxylic acids is 1.